The maximum atomic E-state index is 10.8. The van der Waals surface area contributed by atoms with Crippen LogP contribution in [0.15, 0.2) is 48.9 Å². The van der Waals surface area contributed by atoms with Gasteiger partial charge in [-0.25, -0.2) is 4.98 Å². The van der Waals surface area contributed by atoms with E-state index in [-0.39, 0.29) is 5.69 Å². The Labute approximate surface area is 119 Å². The highest BCUT2D eigenvalue weighted by Crippen LogP contribution is 2.34. The normalized spacial score (nSPS) is 10.5. The summed E-state index contributed by atoms with van der Waals surface area (Å²) in [5.74, 6) is 1.27. The summed E-state index contributed by atoms with van der Waals surface area (Å²) in [5.41, 5.74) is 0.691. The highest BCUT2D eigenvalue weighted by atomic mass is 16.6. The second kappa shape index (κ2) is 5.12. The van der Waals surface area contributed by atoms with Crippen molar-refractivity contribution >= 4 is 11.3 Å². The van der Waals surface area contributed by atoms with Crippen LogP contribution < -0.4 is 9.47 Å². The topological polar surface area (TPSA) is 78.9 Å². The third kappa shape index (κ3) is 2.48. The highest BCUT2D eigenvalue weighted by molar-refractivity contribution is 5.51. The molecule has 0 bridgehead atoms. The van der Waals surface area contributed by atoms with Gasteiger partial charge < -0.3 is 13.9 Å². The number of fused-ring (bicyclic) bond motifs is 1. The number of ether oxygens (including phenoxy) is 2. The monoisotopic (exact) mass is 285 g/mol. The molecule has 7 heteroatoms. The van der Waals surface area contributed by atoms with Crippen LogP contribution in [-0.4, -0.2) is 21.4 Å². The molecule has 0 aliphatic rings. The van der Waals surface area contributed by atoms with E-state index in [2.05, 4.69) is 4.98 Å². The predicted octanol–water partition coefficient (Wildman–Crippen LogP) is 3.04. The number of aromatic nitrogens is 2. The quantitative estimate of drug-likeness (QED) is 0.543. The zero-order chi connectivity index (χ0) is 14.8. The molecule has 0 aliphatic heterocycles. The lowest BCUT2D eigenvalue weighted by Gasteiger charge is -2.10. The summed E-state index contributed by atoms with van der Waals surface area (Å²) in [6, 6.07) is 7.73. The van der Waals surface area contributed by atoms with Gasteiger partial charge in [0.15, 0.2) is 11.5 Å². The predicted molar refractivity (Wildman–Crippen MR) is 74.9 cm³/mol. The molecule has 3 rings (SSSR count). The number of imidazole rings is 1. The highest BCUT2D eigenvalue weighted by Gasteiger charge is 2.13. The summed E-state index contributed by atoms with van der Waals surface area (Å²) < 4.78 is 12.7. The Balaban J connectivity index is 1.94. The molecule has 0 aliphatic carbocycles. The number of pyridine rings is 1. The molecule has 0 N–H and O–H groups in total. The Kier molecular flexibility index (Phi) is 3.15. The Hall–Kier alpha value is -3.09. The van der Waals surface area contributed by atoms with Crippen LogP contribution in [0.5, 0.6) is 17.2 Å². The van der Waals surface area contributed by atoms with Gasteiger partial charge in [-0.2, -0.15) is 0 Å². The van der Waals surface area contributed by atoms with Crippen molar-refractivity contribution < 1.29 is 14.4 Å². The van der Waals surface area contributed by atoms with Crippen molar-refractivity contribution in [2.75, 3.05) is 7.11 Å². The summed E-state index contributed by atoms with van der Waals surface area (Å²) in [6.45, 7) is 0. The van der Waals surface area contributed by atoms with Gasteiger partial charge in [-0.1, -0.05) is 0 Å². The first kappa shape index (κ1) is 12.9. The Morgan fingerprint density at radius 3 is 2.81 bits per heavy atom. The fraction of sp³-hybridized carbons (Fsp3) is 0.0714. The van der Waals surface area contributed by atoms with Gasteiger partial charge in [0.1, 0.15) is 11.4 Å². The fourth-order valence-electron chi connectivity index (χ4n) is 1.94. The second-order valence-corrected chi connectivity index (χ2v) is 4.25. The van der Waals surface area contributed by atoms with Crippen LogP contribution in [0.2, 0.25) is 0 Å². The first-order chi connectivity index (χ1) is 10.2. The van der Waals surface area contributed by atoms with E-state index in [1.54, 1.807) is 18.3 Å². The average Bonchev–Trinajstić information content (AvgIpc) is 2.95. The van der Waals surface area contributed by atoms with E-state index in [0.717, 1.165) is 5.65 Å². The zero-order valence-corrected chi connectivity index (χ0v) is 11.1. The molecular formula is C14H11N3O4. The van der Waals surface area contributed by atoms with E-state index in [4.69, 9.17) is 9.47 Å². The minimum absolute atomic E-state index is 0.0529. The molecule has 3 aromatic rings. The lowest BCUT2D eigenvalue weighted by molar-refractivity contribution is -0.384. The van der Waals surface area contributed by atoms with Crippen LogP contribution >= 0.6 is 0 Å². The number of non-ortho nitro benzene ring substituents is 1. The van der Waals surface area contributed by atoms with Crippen LogP contribution in [0.1, 0.15) is 0 Å². The molecule has 2 heterocycles. The van der Waals surface area contributed by atoms with Crippen LogP contribution in [0.3, 0.4) is 0 Å². The smallest absolute Gasteiger partial charge is 0.273 e. The van der Waals surface area contributed by atoms with Crippen molar-refractivity contribution in [1.29, 1.82) is 0 Å². The number of nitrogens with zero attached hydrogens (tertiary/aromatic N) is 3. The van der Waals surface area contributed by atoms with E-state index in [1.807, 2.05) is 16.8 Å². The van der Waals surface area contributed by atoms with Gasteiger partial charge in [0.05, 0.1) is 18.1 Å². The summed E-state index contributed by atoms with van der Waals surface area (Å²) >= 11 is 0. The summed E-state index contributed by atoms with van der Waals surface area (Å²) in [5, 5.41) is 10.8. The van der Waals surface area contributed by atoms with Crippen molar-refractivity contribution in [3.8, 4) is 17.2 Å². The van der Waals surface area contributed by atoms with Gasteiger partial charge in [-0.3, -0.25) is 10.1 Å². The lowest BCUT2D eigenvalue weighted by atomic mass is 10.3. The zero-order valence-electron chi connectivity index (χ0n) is 11.1. The molecule has 2 aromatic heterocycles. The number of rotatable bonds is 4. The molecule has 0 unspecified atom stereocenters. The van der Waals surface area contributed by atoms with Gasteiger partial charge in [0, 0.05) is 30.7 Å². The van der Waals surface area contributed by atoms with Crippen LogP contribution in [-0.2, 0) is 0 Å². The molecule has 0 radical (unpaired) electrons. The SMILES string of the molecule is COc1cc([N+](=O)[O-])ccc1Oc1ccn2ccnc2c1. The van der Waals surface area contributed by atoms with E-state index in [0.29, 0.717) is 17.2 Å². The Morgan fingerprint density at radius 2 is 2.05 bits per heavy atom. The number of hydrogen-bond donors (Lipinski definition) is 0. The van der Waals surface area contributed by atoms with Gasteiger partial charge in [-0.15, -0.1) is 0 Å². The first-order valence-corrected chi connectivity index (χ1v) is 6.10. The van der Waals surface area contributed by atoms with Crippen molar-refractivity contribution in [1.82, 2.24) is 9.38 Å². The Bertz CT molecular complexity index is 813. The molecule has 0 fully saturated rings. The van der Waals surface area contributed by atoms with E-state index >= 15 is 0 Å². The van der Waals surface area contributed by atoms with Crippen molar-refractivity contribution in [3.63, 3.8) is 0 Å². The number of nitro benzene ring substituents is 1. The minimum atomic E-state index is -0.483. The average molecular weight is 285 g/mol. The molecule has 106 valence electrons. The summed E-state index contributed by atoms with van der Waals surface area (Å²) in [6.07, 6.45) is 5.33. The van der Waals surface area contributed by atoms with E-state index in [9.17, 15) is 10.1 Å². The van der Waals surface area contributed by atoms with E-state index in [1.165, 1.54) is 25.3 Å². The maximum Gasteiger partial charge on any atom is 0.273 e. The molecule has 0 saturated heterocycles. The number of methoxy groups -OCH3 is 1. The fourth-order valence-corrected chi connectivity index (χ4v) is 1.94. The molecule has 0 saturated carbocycles. The van der Waals surface area contributed by atoms with Gasteiger partial charge in [0.25, 0.3) is 5.69 Å². The number of nitro groups is 1. The number of hydrogen-bond acceptors (Lipinski definition) is 5. The van der Waals surface area contributed by atoms with Gasteiger partial charge >= 0.3 is 0 Å². The van der Waals surface area contributed by atoms with Crippen molar-refractivity contribution in [2.45, 2.75) is 0 Å². The second-order valence-electron chi connectivity index (χ2n) is 4.25. The molecule has 7 nitrogen and oxygen atoms in total. The van der Waals surface area contributed by atoms with Gasteiger partial charge in [0.2, 0.25) is 0 Å². The largest absolute Gasteiger partial charge is 0.493 e. The van der Waals surface area contributed by atoms with Gasteiger partial charge in [-0.05, 0) is 12.1 Å². The summed E-state index contributed by atoms with van der Waals surface area (Å²) in [4.78, 5) is 14.4. The Morgan fingerprint density at radius 1 is 1.19 bits per heavy atom. The lowest BCUT2D eigenvalue weighted by Crippen LogP contribution is -1.94. The molecule has 0 amide bonds. The number of benzene rings is 1. The van der Waals surface area contributed by atoms with E-state index < -0.39 is 4.92 Å². The summed E-state index contributed by atoms with van der Waals surface area (Å²) in [7, 11) is 1.43. The third-order valence-electron chi connectivity index (χ3n) is 2.96. The minimum Gasteiger partial charge on any atom is -0.493 e. The molecule has 0 atom stereocenters. The molecule has 1 aromatic carbocycles. The van der Waals surface area contributed by atoms with Crippen molar-refractivity contribution in [3.05, 3.63) is 59.0 Å². The van der Waals surface area contributed by atoms with Crippen LogP contribution in [0, 0.1) is 10.1 Å². The van der Waals surface area contributed by atoms with Crippen LogP contribution in [0.4, 0.5) is 5.69 Å². The standard InChI is InChI=1S/C14H11N3O4/c1-20-13-8-10(17(18)19)2-3-12(13)21-11-4-6-16-7-5-15-14(16)9-11/h2-9H,1H3. The molecule has 21 heavy (non-hydrogen) atoms. The molecule has 0 spiro atoms. The maximum absolute atomic E-state index is 10.8. The third-order valence-corrected chi connectivity index (χ3v) is 2.96. The van der Waals surface area contributed by atoms with Crippen molar-refractivity contribution in [2.24, 2.45) is 0 Å². The van der Waals surface area contributed by atoms with Crippen LogP contribution in [0.25, 0.3) is 5.65 Å². The molecular weight excluding hydrogens is 274 g/mol. The first-order valence-electron chi connectivity index (χ1n) is 6.10.